The number of nitrogens with one attached hydrogen (secondary N) is 1. The summed E-state index contributed by atoms with van der Waals surface area (Å²) < 4.78 is 5.21. The van der Waals surface area contributed by atoms with Crippen molar-refractivity contribution in [1.82, 2.24) is 0 Å². The number of hydrogen-bond acceptors (Lipinski definition) is 4. The third kappa shape index (κ3) is 3.90. The molecular weight excluding hydrogens is 366 g/mol. The number of carbonyl (C=O) groups excluding carboxylic acids is 2. The number of anilines is 1. The molecule has 1 heterocycles. The predicted octanol–water partition coefficient (Wildman–Crippen LogP) is 4.31. The highest BCUT2D eigenvalue weighted by Crippen LogP contribution is 2.38. The lowest BCUT2D eigenvalue weighted by Gasteiger charge is -2.10. The van der Waals surface area contributed by atoms with E-state index in [-0.39, 0.29) is 16.7 Å². The zero-order valence-electron chi connectivity index (χ0n) is 13.0. The SMILES string of the molecule is CCOC(=O)c1c(NC(=O)[C@H](Br)CC)sc2c1CCCCC2. The molecule has 0 fully saturated rings. The molecule has 1 aromatic heterocycles. The lowest BCUT2D eigenvalue weighted by Crippen LogP contribution is -2.23. The molecule has 0 radical (unpaired) electrons. The second-order valence-electron chi connectivity index (χ2n) is 5.35. The van der Waals surface area contributed by atoms with Crippen LogP contribution in [0.5, 0.6) is 0 Å². The van der Waals surface area contributed by atoms with E-state index in [4.69, 9.17) is 4.74 Å². The van der Waals surface area contributed by atoms with Gasteiger partial charge in [-0.3, -0.25) is 4.79 Å². The molecular formula is C16H22BrNO3S. The molecule has 1 aliphatic carbocycles. The van der Waals surface area contributed by atoms with E-state index >= 15 is 0 Å². The van der Waals surface area contributed by atoms with Crippen LogP contribution in [-0.2, 0) is 22.4 Å². The van der Waals surface area contributed by atoms with Crippen molar-refractivity contribution in [2.45, 2.75) is 57.2 Å². The average molecular weight is 388 g/mol. The van der Waals surface area contributed by atoms with Crippen molar-refractivity contribution in [3.05, 3.63) is 16.0 Å². The summed E-state index contributed by atoms with van der Waals surface area (Å²) in [4.78, 5) is 25.5. The lowest BCUT2D eigenvalue weighted by molar-refractivity contribution is -0.115. The van der Waals surface area contributed by atoms with Crippen LogP contribution in [0.25, 0.3) is 0 Å². The lowest BCUT2D eigenvalue weighted by atomic mass is 10.1. The second-order valence-corrected chi connectivity index (χ2v) is 7.56. The number of fused-ring (bicyclic) bond motifs is 1. The summed E-state index contributed by atoms with van der Waals surface area (Å²) in [5, 5.41) is 3.56. The van der Waals surface area contributed by atoms with Gasteiger partial charge in [-0.05, 0) is 44.6 Å². The number of esters is 1. The van der Waals surface area contributed by atoms with Gasteiger partial charge in [0.1, 0.15) is 5.00 Å². The normalized spacial score (nSPS) is 15.6. The maximum absolute atomic E-state index is 12.4. The van der Waals surface area contributed by atoms with Gasteiger partial charge in [0.15, 0.2) is 0 Å². The van der Waals surface area contributed by atoms with Crippen molar-refractivity contribution in [1.29, 1.82) is 0 Å². The molecule has 122 valence electrons. The van der Waals surface area contributed by atoms with Crippen molar-refractivity contribution >= 4 is 44.1 Å². The Kier molecular flexibility index (Phi) is 6.44. The summed E-state index contributed by atoms with van der Waals surface area (Å²) >= 11 is 4.88. The summed E-state index contributed by atoms with van der Waals surface area (Å²) in [5.74, 6) is -0.427. The zero-order valence-corrected chi connectivity index (χ0v) is 15.4. The molecule has 22 heavy (non-hydrogen) atoms. The van der Waals surface area contributed by atoms with E-state index < -0.39 is 0 Å². The topological polar surface area (TPSA) is 55.4 Å². The van der Waals surface area contributed by atoms with E-state index in [1.807, 2.05) is 6.92 Å². The van der Waals surface area contributed by atoms with Crippen LogP contribution in [-0.4, -0.2) is 23.3 Å². The largest absolute Gasteiger partial charge is 0.462 e. The summed E-state index contributed by atoms with van der Waals surface area (Å²) in [6.45, 7) is 4.08. The third-order valence-electron chi connectivity index (χ3n) is 3.78. The number of thiophene rings is 1. The Morgan fingerprint density at radius 1 is 1.27 bits per heavy atom. The highest BCUT2D eigenvalue weighted by Gasteiger charge is 2.27. The number of hydrogen-bond donors (Lipinski definition) is 1. The van der Waals surface area contributed by atoms with Crippen LogP contribution < -0.4 is 5.32 Å². The van der Waals surface area contributed by atoms with Crippen molar-refractivity contribution in [3.63, 3.8) is 0 Å². The molecule has 1 aliphatic rings. The van der Waals surface area contributed by atoms with Gasteiger partial charge in [0.25, 0.3) is 0 Å². The fraction of sp³-hybridized carbons (Fsp3) is 0.625. The second kappa shape index (κ2) is 8.11. The predicted molar refractivity (Wildman–Crippen MR) is 93.2 cm³/mol. The van der Waals surface area contributed by atoms with Crippen LogP contribution in [0.15, 0.2) is 0 Å². The molecule has 0 spiro atoms. The van der Waals surface area contributed by atoms with Crippen LogP contribution >= 0.6 is 27.3 Å². The van der Waals surface area contributed by atoms with E-state index in [0.717, 1.165) is 31.2 Å². The van der Waals surface area contributed by atoms with Gasteiger partial charge in [-0.2, -0.15) is 0 Å². The van der Waals surface area contributed by atoms with Gasteiger partial charge in [0.2, 0.25) is 5.91 Å². The monoisotopic (exact) mass is 387 g/mol. The van der Waals surface area contributed by atoms with E-state index in [2.05, 4.69) is 21.2 Å². The highest BCUT2D eigenvalue weighted by molar-refractivity contribution is 9.10. The minimum absolute atomic E-state index is 0.107. The smallest absolute Gasteiger partial charge is 0.341 e. The molecule has 0 saturated carbocycles. The summed E-state index contributed by atoms with van der Waals surface area (Å²) in [7, 11) is 0. The van der Waals surface area contributed by atoms with Crippen LogP contribution in [0.1, 0.15) is 60.3 Å². The Bertz CT molecular complexity index is 556. The zero-order chi connectivity index (χ0) is 16.1. The van der Waals surface area contributed by atoms with E-state index in [1.165, 1.54) is 22.6 Å². The van der Waals surface area contributed by atoms with Crippen molar-refractivity contribution in [2.24, 2.45) is 0 Å². The standard InChI is InChI=1S/C16H22BrNO3S/c1-3-11(17)14(19)18-15-13(16(20)21-4-2)10-8-6-5-7-9-12(10)22-15/h11H,3-9H2,1-2H3,(H,18,19)/t11-/m1/s1. The van der Waals surface area contributed by atoms with Crippen LogP contribution in [0, 0.1) is 0 Å². The molecule has 6 heteroatoms. The van der Waals surface area contributed by atoms with Gasteiger partial charge < -0.3 is 10.1 Å². The molecule has 0 aromatic carbocycles. The van der Waals surface area contributed by atoms with E-state index in [0.29, 0.717) is 23.6 Å². The first-order valence-electron chi connectivity index (χ1n) is 7.85. The van der Waals surface area contributed by atoms with Gasteiger partial charge in [0, 0.05) is 4.88 Å². The molecule has 0 bridgehead atoms. The average Bonchev–Trinajstić information content (AvgIpc) is 2.67. The molecule has 1 aromatic rings. The number of alkyl halides is 1. The van der Waals surface area contributed by atoms with Crippen molar-refractivity contribution in [2.75, 3.05) is 11.9 Å². The van der Waals surface area contributed by atoms with Gasteiger partial charge in [-0.15, -0.1) is 11.3 Å². The molecule has 2 rings (SSSR count). The Hall–Kier alpha value is -0.880. The van der Waals surface area contributed by atoms with Crippen LogP contribution in [0.2, 0.25) is 0 Å². The molecule has 1 amide bonds. The van der Waals surface area contributed by atoms with Gasteiger partial charge >= 0.3 is 5.97 Å². The summed E-state index contributed by atoms with van der Waals surface area (Å²) in [6.07, 6.45) is 5.98. The fourth-order valence-electron chi connectivity index (χ4n) is 2.63. The van der Waals surface area contributed by atoms with Crippen molar-refractivity contribution in [3.8, 4) is 0 Å². The summed E-state index contributed by atoms with van der Waals surface area (Å²) in [5.41, 5.74) is 1.66. The number of ether oxygens (including phenoxy) is 1. The maximum Gasteiger partial charge on any atom is 0.341 e. The quantitative estimate of drug-likeness (QED) is 0.465. The highest BCUT2D eigenvalue weighted by atomic mass is 79.9. The fourth-order valence-corrected chi connectivity index (χ4v) is 4.02. The number of carbonyl (C=O) groups is 2. The Morgan fingerprint density at radius 2 is 2.00 bits per heavy atom. The van der Waals surface area contributed by atoms with Gasteiger partial charge in [-0.25, -0.2) is 4.79 Å². The van der Waals surface area contributed by atoms with E-state index in [9.17, 15) is 9.59 Å². The Balaban J connectivity index is 2.35. The number of rotatable bonds is 5. The van der Waals surface area contributed by atoms with Crippen molar-refractivity contribution < 1.29 is 14.3 Å². The number of halogens is 1. The first kappa shape index (κ1) is 17.5. The number of aryl methyl sites for hydroxylation is 1. The molecule has 0 unspecified atom stereocenters. The minimum Gasteiger partial charge on any atom is -0.462 e. The van der Waals surface area contributed by atoms with Crippen LogP contribution in [0.4, 0.5) is 5.00 Å². The molecule has 1 atom stereocenters. The Labute approximate surface area is 143 Å². The van der Waals surface area contributed by atoms with Crippen LogP contribution in [0.3, 0.4) is 0 Å². The molecule has 0 saturated heterocycles. The minimum atomic E-state index is -0.320. The van der Waals surface area contributed by atoms with E-state index in [1.54, 1.807) is 6.92 Å². The Morgan fingerprint density at radius 3 is 2.68 bits per heavy atom. The first-order valence-corrected chi connectivity index (χ1v) is 9.58. The summed E-state index contributed by atoms with van der Waals surface area (Å²) in [6, 6.07) is 0. The number of amides is 1. The molecule has 0 aliphatic heterocycles. The maximum atomic E-state index is 12.4. The molecule has 1 N–H and O–H groups in total. The first-order chi connectivity index (χ1) is 10.6. The van der Waals surface area contributed by atoms with Gasteiger partial charge in [-0.1, -0.05) is 29.3 Å². The van der Waals surface area contributed by atoms with Gasteiger partial charge in [0.05, 0.1) is 17.0 Å². The molecule has 4 nitrogen and oxygen atoms in total. The third-order valence-corrected chi connectivity index (χ3v) is 6.05.